The summed E-state index contributed by atoms with van der Waals surface area (Å²) in [6.45, 7) is 2.40. The molecule has 0 aliphatic carbocycles. The van der Waals surface area contributed by atoms with E-state index in [9.17, 15) is 9.90 Å². The second kappa shape index (κ2) is 11.6. The zero-order valence-corrected chi connectivity index (χ0v) is 20.1. The highest BCUT2D eigenvalue weighted by atomic mass is 35.5. The van der Waals surface area contributed by atoms with E-state index in [1.807, 2.05) is 61.5 Å². The SMILES string of the molecule is CCCC(Oc1ccc(Cl)cc1COc1cccc(OCc2ccc3ccccc3n2)c1)C(=O)O. The molecule has 7 heteroatoms. The summed E-state index contributed by atoms with van der Waals surface area (Å²) in [5, 5.41) is 11.0. The molecule has 0 amide bonds. The number of carboxylic acid groups (broad SMARTS) is 1. The molecule has 1 aromatic heterocycles. The van der Waals surface area contributed by atoms with E-state index < -0.39 is 12.1 Å². The minimum atomic E-state index is -1.00. The van der Waals surface area contributed by atoms with Crippen molar-refractivity contribution < 1.29 is 24.1 Å². The van der Waals surface area contributed by atoms with E-state index in [0.29, 0.717) is 47.3 Å². The highest BCUT2D eigenvalue weighted by Gasteiger charge is 2.20. The summed E-state index contributed by atoms with van der Waals surface area (Å²) in [5.74, 6) is 0.682. The second-order valence-corrected chi connectivity index (χ2v) is 8.47. The highest BCUT2D eigenvalue weighted by Crippen LogP contribution is 2.28. The number of rotatable bonds is 11. The molecule has 0 aliphatic heterocycles. The van der Waals surface area contributed by atoms with E-state index >= 15 is 0 Å². The number of para-hydroxylation sites is 1. The summed E-state index contributed by atoms with van der Waals surface area (Å²) in [6.07, 6.45) is 0.169. The Morgan fingerprint density at radius 2 is 1.71 bits per heavy atom. The van der Waals surface area contributed by atoms with Crippen LogP contribution in [0.15, 0.2) is 78.9 Å². The lowest BCUT2D eigenvalue weighted by Crippen LogP contribution is -2.27. The van der Waals surface area contributed by atoms with Gasteiger partial charge >= 0.3 is 5.97 Å². The molecule has 0 bridgehead atoms. The molecule has 1 atom stereocenters. The molecule has 0 radical (unpaired) electrons. The van der Waals surface area contributed by atoms with E-state index in [0.717, 1.165) is 16.6 Å². The molecule has 4 aromatic rings. The molecule has 35 heavy (non-hydrogen) atoms. The smallest absolute Gasteiger partial charge is 0.344 e. The summed E-state index contributed by atoms with van der Waals surface area (Å²) < 4.78 is 17.7. The first-order chi connectivity index (χ1) is 17.0. The number of aliphatic carboxylic acids is 1. The van der Waals surface area contributed by atoms with E-state index in [-0.39, 0.29) is 6.61 Å². The maximum Gasteiger partial charge on any atom is 0.344 e. The summed E-state index contributed by atoms with van der Waals surface area (Å²) in [6, 6.07) is 24.3. The van der Waals surface area contributed by atoms with Crippen LogP contribution in [0.3, 0.4) is 0 Å². The average Bonchev–Trinajstić information content (AvgIpc) is 2.87. The van der Waals surface area contributed by atoms with Crippen LogP contribution in [0.25, 0.3) is 10.9 Å². The third-order valence-corrected chi connectivity index (χ3v) is 5.60. The first-order valence-electron chi connectivity index (χ1n) is 11.4. The van der Waals surface area contributed by atoms with Crippen LogP contribution in [0.5, 0.6) is 17.2 Å². The summed E-state index contributed by atoms with van der Waals surface area (Å²) in [7, 11) is 0. The number of hydrogen-bond acceptors (Lipinski definition) is 5. The van der Waals surface area contributed by atoms with Crippen LogP contribution in [0.1, 0.15) is 31.0 Å². The molecule has 1 unspecified atom stereocenters. The maximum absolute atomic E-state index is 11.5. The second-order valence-electron chi connectivity index (χ2n) is 8.03. The highest BCUT2D eigenvalue weighted by molar-refractivity contribution is 6.30. The average molecular weight is 492 g/mol. The number of fused-ring (bicyclic) bond motifs is 1. The molecule has 4 rings (SSSR count). The van der Waals surface area contributed by atoms with Crippen molar-refractivity contribution in [1.82, 2.24) is 4.98 Å². The van der Waals surface area contributed by atoms with Crippen LogP contribution in [0.2, 0.25) is 5.02 Å². The van der Waals surface area contributed by atoms with Crippen LogP contribution in [0, 0.1) is 0 Å². The predicted molar refractivity (Wildman–Crippen MR) is 135 cm³/mol. The molecular formula is C28H26ClNO5. The lowest BCUT2D eigenvalue weighted by molar-refractivity contribution is -0.145. The molecule has 0 saturated heterocycles. The minimum absolute atomic E-state index is 0.157. The zero-order valence-electron chi connectivity index (χ0n) is 19.3. The molecule has 6 nitrogen and oxygen atoms in total. The topological polar surface area (TPSA) is 77.9 Å². The third-order valence-electron chi connectivity index (χ3n) is 5.36. The van der Waals surface area contributed by atoms with Gasteiger partial charge in [0.05, 0.1) is 11.2 Å². The number of carbonyl (C=O) groups is 1. The van der Waals surface area contributed by atoms with Gasteiger partial charge in [0.25, 0.3) is 0 Å². The number of nitrogens with zero attached hydrogens (tertiary/aromatic N) is 1. The largest absolute Gasteiger partial charge is 0.489 e. The van der Waals surface area contributed by atoms with Crippen LogP contribution in [-0.2, 0) is 18.0 Å². The third kappa shape index (κ3) is 6.64. The number of pyridine rings is 1. The Morgan fingerprint density at radius 1 is 0.943 bits per heavy atom. The summed E-state index contributed by atoms with van der Waals surface area (Å²) in [5.41, 5.74) is 2.41. The molecule has 0 aliphatic rings. The van der Waals surface area contributed by atoms with Crippen molar-refractivity contribution in [3.05, 3.63) is 95.1 Å². The molecule has 3 aromatic carbocycles. The van der Waals surface area contributed by atoms with Crippen molar-refractivity contribution in [2.75, 3.05) is 0 Å². The summed E-state index contributed by atoms with van der Waals surface area (Å²) in [4.78, 5) is 16.1. The molecule has 1 heterocycles. The lowest BCUT2D eigenvalue weighted by Gasteiger charge is -2.18. The fourth-order valence-electron chi connectivity index (χ4n) is 3.58. The fourth-order valence-corrected chi connectivity index (χ4v) is 3.78. The van der Waals surface area contributed by atoms with Crippen LogP contribution >= 0.6 is 11.6 Å². The summed E-state index contributed by atoms with van der Waals surface area (Å²) >= 11 is 6.17. The van der Waals surface area contributed by atoms with Gasteiger partial charge in [0, 0.05) is 22.0 Å². The predicted octanol–water partition coefficient (Wildman–Crippen LogP) is 6.68. The molecule has 180 valence electrons. The quantitative estimate of drug-likeness (QED) is 0.252. The normalized spacial score (nSPS) is 11.7. The van der Waals surface area contributed by atoms with Gasteiger partial charge in [0.1, 0.15) is 30.5 Å². The van der Waals surface area contributed by atoms with Gasteiger partial charge < -0.3 is 19.3 Å². The Balaban J connectivity index is 1.41. The van der Waals surface area contributed by atoms with Gasteiger partial charge in [-0.1, -0.05) is 55.3 Å². The van der Waals surface area contributed by atoms with Gasteiger partial charge in [-0.25, -0.2) is 9.78 Å². The number of benzene rings is 3. The van der Waals surface area contributed by atoms with Crippen molar-refractivity contribution in [1.29, 1.82) is 0 Å². The van der Waals surface area contributed by atoms with E-state index in [2.05, 4.69) is 4.98 Å². The van der Waals surface area contributed by atoms with E-state index in [4.69, 9.17) is 25.8 Å². The monoisotopic (exact) mass is 491 g/mol. The van der Waals surface area contributed by atoms with E-state index in [1.165, 1.54) is 0 Å². The Bertz CT molecular complexity index is 1310. The number of hydrogen-bond donors (Lipinski definition) is 1. The first kappa shape index (κ1) is 24.4. The van der Waals surface area contributed by atoms with Crippen molar-refractivity contribution in [3.8, 4) is 17.2 Å². The van der Waals surface area contributed by atoms with Gasteiger partial charge in [-0.15, -0.1) is 0 Å². The first-order valence-corrected chi connectivity index (χ1v) is 11.8. The van der Waals surface area contributed by atoms with Crippen LogP contribution in [-0.4, -0.2) is 22.2 Å². The standard InChI is InChI=1S/C28H26ClNO5/c1-2-6-27(28(31)32)35-26-14-12-21(29)15-20(26)17-33-23-8-5-9-24(16-23)34-18-22-13-11-19-7-3-4-10-25(19)30-22/h3-5,7-16,27H,2,6,17-18H2,1H3,(H,31,32). The fraction of sp³-hybridized carbons (Fsp3) is 0.214. The van der Waals surface area contributed by atoms with Crippen molar-refractivity contribution >= 4 is 28.5 Å². The Kier molecular flexibility index (Phi) is 8.06. The number of halogens is 1. The molecule has 0 fully saturated rings. The van der Waals surface area contributed by atoms with Gasteiger partial charge in [0.2, 0.25) is 0 Å². The minimum Gasteiger partial charge on any atom is -0.489 e. The van der Waals surface area contributed by atoms with Crippen LogP contribution in [0.4, 0.5) is 0 Å². The molecule has 1 N–H and O–H groups in total. The molecular weight excluding hydrogens is 466 g/mol. The number of carboxylic acids is 1. The Hall–Kier alpha value is -3.77. The lowest BCUT2D eigenvalue weighted by atomic mass is 10.2. The van der Waals surface area contributed by atoms with E-state index in [1.54, 1.807) is 24.3 Å². The van der Waals surface area contributed by atoms with Gasteiger partial charge in [-0.2, -0.15) is 0 Å². The van der Waals surface area contributed by atoms with Crippen LogP contribution < -0.4 is 14.2 Å². The van der Waals surface area contributed by atoms with Crippen molar-refractivity contribution in [2.45, 2.75) is 39.1 Å². The van der Waals surface area contributed by atoms with Gasteiger partial charge in [-0.3, -0.25) is 0 Å². The van der Waals surface area contributed by atoms with Crippen molar-refractivity contribution in [3.63, 3.8) is 0 Å². The Morgan fingerprint density at radius 3 is 2.49 bits per heavy atom. The molecule has 0 saturated carbocycles. The Labute approximate surface area is 209 Å². The number of ether oxygens (including phenoxy) is 3. The van der Waals surface area contributed by atoms with Crippen molar-refractivity contribution in [2.24, 2.45) is 0 Å². The zero-order chi connectivity index (χ0) is 24.6. The van der Waals surface area contributed by atoms with Gasteiger partial charge in [0.15, 0.2) is 6.10 Å². The van der Waals surface area contributed by atoms with Gasteiger partial charge in [-0.05, 0) is 48.9 Å². The maximum atomic E-state index is 11.5. The molecule has 0 spiro atoms. The number of aromatic nitrogens is 1.